The Morgan fingerprint density at radius 3 is 2.30 bits per heavy atom. The van der Waals surface area contributed by atoms with Crippen molar-refractivity contribution in [2.75, 3.05) is 0 Å². The summed E-state index contributed by atoms with van der Waals surface area (Å²) in [7, 11) is 0. The topological polar surface area (TPSA) is 30.2 Å². The van der Waals surface area contributed by atoms with E-state index in [2.05, 4.69) is 78.0 Å². The number of imidazole rings is 1. The van der Waals surface area contributed by atoms with Crippen LogP contribution in [-0.2, 0) is 12.8 Å². The fraction of sp³-hybridized carbons (Fsp3) is 0.167. The summed E-state index contributed by atoms with van der Waals surface area (Å²) in [6.45, 7) is 4.43. The number of aryl methyl sites for hydroxylation is 2. The summed E-state index contributed by atoms with van der Waals surface area (Å²) in [5, 5.41) is 3.52. The molecule has 5 aromatic rings. The number of hydrogen-bond acceptors (Lipinski definition) is 2. The van der Waals surface area contributed by atoms with Crippen LogP contribution in [0.5, 0.6) is 0 Å². The van der Waals surface area contributed by atoms with Gasteiger partial charge in [0.05, 0.1) is 11.2 Å². The first-order valence-corrected chi connectivity index (χ1v) is 9.56. The van der Waals surface area contributed by atoms with E-state index in [9.17, 15) is 0 Å². The van der Waals surface area contributed by atoms with Crippen LogP contribution in [0.15, 0.2) is 67.1 Å². The maximum absolute atomic E-state index is 5.12. The predicted octanol–water partition coefficient (Wildman–Crippen LogP) is 5.83. The minimum atomic E-state index is 1.00. The third-order valence-electron chi connectivity index (χ3n) is 5.48. The van der Waals surface area contributed by atoms with Gasteiger partial charge in [-0.1, -0.05) is 56.3 Å². The molecule has 0 unspecified atom stereocenters. The zero-order chi connectivity index (χ0) is 18.4. The Kier molecular flexibility index (Phi) is 3.68. The molecule has 3 heteroatoms. The van der Waals surface area contributed by atoms with E-state index in [1.165, 1.54) is 22.1 Å². The number of benzene rings is 2. The first kappa shape index (κ1) is 16.0. The van der Waals surface area contributed by atoms with Crippen LogP contribution in [0.3, 0.4) is 0 Å². The Morgan fingerprint density at radius 1 is 0.815 bits per heavy atom. The van der Waals surface area contributed by atoms with Gasteiger partial charge in [0.25, 0.3) is 0 Å². The minimum absolute atomic E-state index is 1.00. The second-order valence-corrected chi connectivity index (χ2v) is 6.92. The van der Waals surface area contributed by atoms with Crippen molar-refractivity contribution in [2.24, 2.45) is 0 Å². The number of aromatic nitrogens is 3. The van der Waals surface area contributed by atoms with E-state index in [1.54, 1.807) is 0 Å². The molecule has 0 saturated heterocycles. The Bertz CT molecular complexity index is 1200. The molecule has 3 nitrogen and oxygen atoms in total. The van der Waals surface area contributed by atoms with Gasteiger partial charge >= 0.3 is 0 Å². The van der Waals surface area contributed by atoms with Crippen LogP contribution in [0.1, 0.15) is 25.0 Å². The lowest BCUT2D eigenvalue weighted by molar-refractivity contribution is 1.09. The molecule has 132 valence electrons. The summed E-state index contributed by atoms with van der Waals surface area (Å²) in [4.78, 5) is 9.48. The van der Waals surface area contributed by atoms with Crippen molar-refractivity contribution in [2.45, 2.75) is 26.7 Å². The maximum Gasteiger partial charge on any atom is 0.145 e. The second-order valence-electron chi connectivity index (χ2n) is 6.92. The van der Waals surface area contributed by atoms with Crippen molar-refractivity contribution in [3.8, 4) is 11.3 Å². The summed E-state index contributed by atoms with van der Waals surface area (Å²) < 4.78 is 2.22. The Balaban J connectivity index is 1.94. The molecule has 0 atom stereocenters. The van der Waals surface area contributed by atoms with Gasteiger partial charge in [-0.2, -0.15) is 0 Å². The molecule has 0 saturated carbocycles. The Morgan fingerprint density at radius 2 is 1.56 bits per heavy atom. The highest BCUT2D eigenvalue weighted by molar-refractivity contribution is 6.11. The number of pyridine rings is 2. The van der Waals surface area contributed by atoms with Crippen LogP contribution in [0, 0.1) is 0 Å². The average Bonchev–Trinajstić information content (AvgIpc) is 3.18. The number of rotatable bonds is 3. The van der Waals surface area contributed by atoms with Crippen LogP contribution in [0.4, 0.5) is 0 Å². The molecule has 0 N–H and O–H groups in total. The summed E-state index contributed by atoms with van der Waals surface area (Å²) in [5.74, 6) is 0. The van der Waals surface area contributed by atoms with E-state index in [0.29, 0.717) is 0 Å². The highest BCUT2D eigenvalue weighted by Crippen LogP contribution is 2.33. The summed E-state index contributed by atoms with van der Waals surface area (Å²) >= 11 is 0. The fourth-order valence-electron chi connectivity index (χ4n) is 4.16. The van der Waals surface area contributed by atoms with E-state index in [4.69, 9.17) is 4.98 Å². The predicted molar refractivity (Wildman–Crippen MR) is 112 cm³/mol. The molecule has 0 radical (unpaired) electrons. The largest absolute Gasteiger partial charge is 0.298 e. The van der Waals surface area contributed by atoms with Crippen LogP contribution in [0.2, 0.25) is 0 Å². The van der Waals surface area contributed by atoms with Crippen molar-refractivity contribution in [1.29, 1.82) is 0 Å². The van der Waals surface area contributed by atoms with E-state index < -0.39 is 0 Å². The lowest BCUT2D eigenvalue weighted by Crippen LogP contribution is -1.94. The smallest absolute Gasteiger partial charge is 0.145 e. The second kappa shape index (κ2) is 6.20. The van der Waals surface area contributed by atoms with Gasteiger partial charge in [-0.05, 0) is 35.4 Å². The van der Waals surface area contributed by atoms with Crippen LogP contribution < -0.4 is 0 Å². The standard InChI is InChI=1S/C24H21N3/c1-3-16-8-7-9-17(4-2)23(16)21-15-27-22-12-13-25-14-20(22)18-10-5-6-11-19(18)24(27)26-21/h5-15H,3-4H2,1-2H3. The number of hydrogen-bond donors (Lipinski definition) is 0. The molecule has 27 heavy (non-hydrogen) atoms. The summed E-state index contributed by atoms with van der Waals surface area (Å²) in [6, 6.07) is 17.1. The number of fused-ring (bicyclic) bond motifs is 6. The molecule has 0 bridgehead atoms. The van der Waals surface area contributed by atoms with E-state index in [-0.39, 0.29) is 0 Å². The van der Waals surface area contributed by atoms with Crippen LogP contribution in [0.25, 0.3) is 38.6 Å². The normalized spacial score (nSPS) is 11.6. The summed E-state index contributed by atoms with van der Waals surface area (Å²) in [5.41, 5.74) is 7.20. The summed E-state index contributed by atoms with van der Waals surface area (Å²) in [6.07, 6.45) is 8.00. The van der Waals surface area contributed by atoms with Crippen molar-refractivity contribution in [1.82, 2.24) is 14.4 Å². The third-order valence-corrected chi connectivity index (χ3v) is 5.48. The zero-order valence-electron chi connectivity index (χ0n) is 15.6. The third kappa shape index (κ3) is 2.35. The molecular formula is C24H21N3. The first-order chi connectivity index (χ1) is 13.3. The molecule has 0 fully saturated rings. The van der Waals surface area contributed by atoms with E-state index in [1.807, 2.05) is 12.4 Å². The quantitative estimate of drug-likeness (QED) is 0.383. The molecule has 0 aliphatic rings. The zero-order valence-corrected chi connectivity index (χ0v) is 15.6. The fourth-order valence-corrected chi connectivity index (χ4v) is 4.16. The molecule has 3 heterocycles. The van der Waals surface area contributed by atoms with Gasteiger partial charge < -0.3 is 0 Å². The molecule has 0 aliphatic carbocycles. The SMILES string of the molecule is CCc1cccc(CC)c1-c1cn2c3ccncc3c3ccccc3c2n1. The Labute approximate surface area is 158 Å². The molecular weight excluding hydrogens is 330 g/mol. The molecule has 2 aromatic carbocycles. The first-order valence-electron chi connectivity index (χ1n) is 9.56. The van der Waals surface area contributed by atoms with Crippen molar-refractivity contribution >= 4 is 27.3 Å². The molecule has 0 spiro atoms. The van der Waals surface area contributed by atoms with E-state index in [0.717, 1.165) is 40.5 Å². The van der Waals surface area contributed by atoms with Gasteiger partial charge in [0, 0.05) is 34.9 Å². The van der Waals surface area contributed by atoms with Crippen molar-refractivity contribution < 1.29 is 0 Å². The van der Waals surface area contributed by atoms with Crippen LogP contribution >= 0.6 is 0 Å². The molecule has 0 amide bonds. The highest BCUT2D eigenvalue weighted by Gasteiger charge is 2.16. The number of nitrogens with zero attached hydrogens (tertiary/aromatic N) is 3. The molecule has 0 aliphatic heterocycles. The van der Waals surface area contributed by atoms with Gasteiger partial charge in [-0.25, -0.2) is 4.98 Å². The maximum atomic E-state index is 5.12. The monoisotopic (exact) mass is 351 g/mol. The van der Waals surface area contributed by atoms with E-state index >= 15 is 0 Å². The van der Waals surface area contributed by atoms with Crippen molar-refractivity contribution in [3.63, 3.8) is 0 Å². The lowest BCUT2D eigenvalue weighted by Gasteiger charge is -2.10. The van der Waals surface area contributed by atoms with Crippen molar-refractivity contribution in [3.05, 3.63) is 78.2 Å². The minimum Gasteiger partial charge on any atom is -0.298 e. The van der Waals surface area contributed by atoms with Gasteiger partial charge in [0.15, 0.2) is 0 Å². The Hall–Kier alpha value is -3.20. The lowest BCUT2D eigenvalue weighted by atomic mass is 9.95. The molecule has 5 rings (SSSR count). The van der Waals surface area contributed by atoms with Gasteiger partial charge in [0.2, 0.25) is 0 Å². The average molecular weight is 351 g/mol. The molecule has 3 aromatic heterocycles. The van der Waals surface area contributed by atoms with Gasteiger partial charge in [0.1, 0.15) is 5.65 Å². The highest BCUT2D eigenvalue weighted by atomic mass is 15.0. The van der Waals surface area contributed by atoms with Crippen LogP contribution in [-0.4, -0.2) is 14.4 Å². The van der Waals surface area contributed by atoms with Gasteiger partial charge in [-0.3, -0.25) is 9.38 Å². The van der Waals surface area contributed by atoms with Gasteiger partial charge in [-0.15, -0.1) is 0 Å².